The highest BCUT2D eigenvalue weighted by molar-refractivity contribution is 5.92. The van der Waals surface area contributed by atoms with Gasteiger partial charge in [-0.05, 0) is 18.7 Å². The lowest BCUT2D eigenvalue weighted by Crippen LogP contribution is -2.06. The largest absolute Gasteiger partial charge is 0.464 e. The average molecular weight is 241 g/mol. The van der Waals surface area contributed by atoms with Crippen molar-refractivity contribution in [3.05, 3.63) is 42.3 Å². The summed E-state index contributed by atoms with van der Waals surface area (Å²) in [6.45, 7) is 0.630. The van der Waals surface area contributed by atoms with Gasteiger partial charge < -0.3 is 10.2 Å². The molecule has 0 fully saturated rings. The Morgan fingerprint density at radius 2 is 2.17 bits per heavy atom. The molecule has 92 valence electrons. The van der Waals surface area contributed by atoms with Crippen molar-refractivity contribution in [1.29, 1.82) is 0 Å². The molecule has 0 spiro atoms. The van der Waals surface area contributed by atoms with Crippen LogP contribution < -0.4 is 5.73 Å². The van der Waals surface area contributed by atoms with Gasteiger partial charge in [-0.15, -0.1) is 0 Å². The van der Waals surface area contributed by atoms with E-state index in [1.54, 1.807) is 6.26 Å². The van der Waals surface area contributed by atoms with Crippen LogP contribution in [0.5, 0.6) is 0 Å². The van der Waals surface area contributed by atoms with Crippen molar-refractivity contribution >= 4 is 11.0 Å². The van der Waals surface area contributed by atoms with E-state index in [0.29, 0.717) is 6.54 Å². The SMILES string of the molecule is Cn1nc(-c2coc3ccccc23)cc1CCN. The molecular formula is C14H15N3O. The first-order valence-corrected chi connectivity index (χ1v) is 5.99. The van der Waals surface area contributed by atoms with Gasteiger partial charge in [0.25, 0.3) is 0 Å². The van der Waals surface area contributed by atoms with Gasteiger partial charge in [0, 0.05) is 30.1 Å². The zero-order chi connectivity index (χ0) is 12.5. The Kier molecular flexibility index (Phi) is 2.64. The van der Waals surface area contributed by atoms with Gasteiger partial charge >= 0.3 is 0 Å². The van der Waals surface area contributed by atoms with Crippen molar-refractivity contribution in [3.63, 3.8) is 0 Å². The van der Waals surface area contributed by atoms with E-state index in [1.165, 1.54) is 0 Å². The molecule has 3 aromatic rings. The highest BCUT2D eigenvalue weighted by Crippen LogP contribution is 2.29. The minimum Gasteiger partial charge on any atom is -0.464 e. The highest BCUT2D eigenvalue weighted by atomic mass is 16.3. The fraction of sp³-hybridized carbons (Fsp3) is 0.214. The third kappa shape index (κ3) is 1.71. The van der Waals surface area contributed by atoms with Crippen LogP contribution >= 0.6 is 0 Å². The Balaban J connectivity index is 2.11. The molecule has 0 saturated heterocycles. The van der Waals surface area contributed by atoms with Crippen LogP contribution in [0.25, 0.3) is 22.2 Å². The maximum absolute atomic E-state index is 5.59. The number of para-hydroxylation sites is 1. The summed E-state index contributed by atoms with van der Waals surface area (Å²) < 4.78 is 7.42. The maximum Gasteiger partial charge on any atom is 0.134 e. The van der Waals surface area contributed by atoms with Crippen LogP contribution in [0.3, 0.4) is 0 Å². The van der Waals surface area contributed by atoms with E-state index in [9.17, 15) is 0 Å². The average Bonchev–Trinajstić information content (AvgIpc) is 2.94. The summed E-state index contributed by atoms with van der Waals surface area (Å²) in [5.74, 6) is 0. The number of hydrogen-bond acceptors (Lipinski definition) is 3. The molecular weight excluding hydrogens is 226 g/mol. The minimum absolute atomic E-state index is 0.630. The van der Waals surface area contributed by atoms with Crippen molar-refractivity contribution in [1.82, 2.24) is 9.78 Å². The molecule has 3 rings (SSSR count). The van der Waals surface area contributed by atoms with Crippen molar-refractivity contribution in [2.45, 2.75) is 6.42 Å². The van der Waals surface area contributed by atoms with Crippen LogP contribution in [-0.4, -0.2) is 16.3 Å². The van der Waals surface area contributed by atoms with E-state index in [4.69, 9.17) is 10.2 Å². The zero-order valence-corrected chi connectivity index (χ0v) is 10.3. The van der Waals surface area contributed by atoms with E-state index in [2.05, 4.69) is 11.2 Å². The molecule has 0 aliphatic heterocycles. The lowest BCUT2D eigenvalue weighted by atomic mass is 10.1. The Morgan fingerprint density at radius 1 is 1.33 bits per heavy atom. The number of benzene rings is 1. The number of furan rings is 1. The van der Waals surface area contributed by atoms with Crippen molar-refractivity contribution < 1.29 is 4.42 Å². The first-order chi connectivity index (χ1) is 8.79. The van der Waals surface area contributed by atoms with E-state index in [-0.39, 0.29) is 0 Å². The molecule has 2 heterocycles. The van der Waals surface area contributed by atoms with E-state index in [0.717, 1.165) is 34.3 Å². The molecule has 0 aliphatic rings. The highest BCUT2D eigenvalue weighted by Gasteiger charge is 2.12. The number of fused-ring (bicyclic) bond motifs is 1. The van der Waals surface area contributed by atoms with Gasteiger partial charge in [-0.25, -0.2) is 0 Å². The molecule has 4 heteroatoms. The van der Waals surface area contributed by atoms with Crippen molar-refractivity contribution in [2.75, 3.05) is 6.54 Å². The fourth-order valence-electron chi connectivity index (χ4n) is 2.20. The molecule has 0 saturated carbocycles. The van der Waals surface area contributed by atoms with Gasteiger partial charge in [-0.3, -0.25) is 4.68 Å². The smallest absolute Gasteiger partial charge is 0.134 e. The predicted octanol–water partition coefficient (Wildman–Crippen LogP) is 2.33. The third-order valence-electron chi connectivity index (χ3n) is 3.13. The second kappa shape index (κ2) is 4.31. The quantitative estimate of drug-likeness (QED) is 0.765. The summed E-state index contributed by atoms with van der Waals surface area (Å²) in [6.07, 6.45) is 2.60. The van der Waals surface area contributed by atoms with Crippen molar-refractivity contribution in [2.24, 2.45) is 12.8 Å². The summed E-state index contributed by atoms with van der Waals surface area (Å²) in [7, 11) is 1.94. The van der Waals surface area contributed by atoms with Gasteiger partial charge in [-0.2, -0.15) is 5.10 Å². The number of rotatable bonds is 3. The van der Waals surface area contributed by atoms with Crippen LogP contribution in [0.1, 0.15) is 5.69 Å². The molecule has 0 bridgehead atoms. The summed E-state index contributed by atoms with van der Waals surface area (Å²) >= 11 is 0. The zero-order valence-electron chi connectivity index (χ0n) is 10.3. The Morgan fingerprint density at radius 3 is 3.00 bits per heavy atom. The fourth-order valence-corrected chi connectivity index (χ4v) is 2.20. The standard InChI is InChI=1S/C14H15N3O/c1-17-10(6-7-15)8-13(16-17)12-9-18-14-5-3-2-4-11(12)14/h2-5,8-9H,6-7,15H2,1H3. The molecule has 0 aliphatic carbocycles. The molecule has 2 aromatic heterocycles. The monoisotopic (exact) mass is 241 g/mol. The van der Waals surface area contributed by atoms with Gasteiger partial charge in [-0.1, -0.05) is 18.2 Å². The molecule has 1 aromatic carbocycles. The van der Waals surface area contributed by atoms with Gasteiger partial charge in [0.2, 0.25) is 0 Å². The molecule has 0 amide bonds. The summed E-state index contributed by atoms with van der Waals surface area (Å²) in [6, 6.07) is 10.1. The maximum atomic E-state index is 5.59. The first kappa shape index (κ1) is 11.0. The predicted molar refractivity (Wildman–Crippen MR) is 71.2 cm³/mol. The number of hydrogen-bond donors (Lipinski definition) is 1. The van der Waals surface area contributed by atoms with Crippen LogP contribution in [0.15, 0.2) is 41.0 Å². The summed E-state index contributed by atoms with van der Waals surface area (Å²) in [5.41, 5.74) is 9.58. The minimum atomic E-state index is 0.630. The molecule has 2 N–H and O–H groups in total. The molecule has 0 atom stereocenters. The van der Waals surface area contributed by atoms with E-state index >= 15 is 0 Å². The third-order valence-corrected chi connectivity index (χ3v) is 3.13. The van der Waals surface area contributed by atoms with Crippen LogP contribution in [-0.2, 0) is 13.5 Å². The first-order valence-electron chi connectivity index (χ1n) is 5.99. The molecule has 0 radical (unpaired) electrons. The number of aromatic nitrogens is 2. The van der Waals surface area contributed by atoms with Crippen LogP contribution in [0.4, 0.5) is 0 Å². The second-order valence-corrected chi connectivity index (χ2v) is 4.33. The summed E-state index contributed by atoms with van der Waals surface area (Å²) in [4.78, 5) is 0. The molecule has 4 nitrogen and oxygen atoms in total. The lowest BCUT2D eigenvalue weighted by molar-refractivity contribution is 0.616. The summed E-state index contributed by atoms with van der Waals surface area (Å²) in [5, 5.41) is 5.62. The van der Waals surface area contributed by atoms with Crippen LogP contribution in [0, 0.1) is 0 Å². The van der Waals surface area contributed by atoms with E-state index in [1.807, 2.05) is 36.0 Å². The Bertz CT molecular complexity index is 681. The van der Waals surface area contributed by atoms with Gasteiger partial charge in [0.1, 0.15) is 11.8 Å². The molecule has 18 heavy (non-hydrogen) atoms. The lowest BCUT2D eigenvalue weighted by Gasteiger charge is -1.96. The number of aryl methyl sites for hydroxylation is 1. The second-order valence-electron chi connectivity index (χ2n) is 4.33. The van der Waals surface area contributed by atoms with Gasteiger partial charge in [0.05, 0.1) is 5.69 Å². The van der Waals surface area contributed by atoms with Gasteiger partial charge in [0.15, 0.2) is 0 Å². The number of nitrogens with zero attached hydrogens (tertiary/aromatic N) is 2. The van der Waals surface area contributed by atoms with E-state index < -0.39 is 0 Å². The van der Waals surface area contributed by atoms with Crippen molar-refractivity contribution in [3.8, 4) is 11.3 Å². The number of nitrogens with two attached hydrogens (primary N) is 1. The normalized spacial score (nSPS) is 11.2. The molecule has 0 unspecified atom stereocenters. The Labute approximate surface area is 105 Å². The van der Waals surface area contributed by atoms with Crippen LogP contribution in [0.2, 0.25) is 0 Å². The Hall–Kier alpha value is -2.07. The topological polar surface area (TPSA) is 57.0 Å².